The van der Waals surface area contributed by atoms with E-state index >= 15 is 0 Å². The van der Waals surface area contributed by atoms with Crippen molar-refractivity contribution in [3.63, 3.8) is 0 Å². The molecule has 0 saturated heterocycles. The highest BCUT2D eigenvalue weighted by Gasteiger charge is 2.58. The number of hydrogen-bond acceptors (Lipinski definition) is 5. The van der Waals surface area contributed by atoms with Gasteiger partial charge in [0, 0.05) is 5.92 Å². The van der Waals surface area contributed by atoms with Crippen LogP contribution >= 0.6 is 0 Å². The third-order valence-electron chi connectivity index (χ3n) is 4.68. The first-order valence-corrected chi connectivity index (χ1v) is 7.81. The highest BCUT2D eigenvalue weighted by molar-refractivity contribution is 6.01. The van der Waals surface area contributed by atoms with Gasteiger partial charge >= 0.3 is 11.9 Å². The minimum atomic E-state index is -1.40. The fraction of sp³-hybridized carbons (Fsp3) is 0.667. The summed E-state index contributed by atoms with van der Waals surface area (Å²) < 4.78 is 9.62. The average Bonchev–Trinajstić information content (AvgIpc) is 2.84. The standard InChI is InChI=1S/C18H28O5/c1-12(2)8-7-9-17(4,21)14-11-18(10-13(14)3,15(19)22-5)16(20)23-6/h8,14,21H,3,7,9-11H2,1-2,4-6H3/t14-,17-/m0/s1. The Morgan fingerprint density at radius 2 is 1.87 bits per heavy atom. The molecule has 1 aliphatic carbocycles. The predicted octanol–water partition coefficient (Wildman–Crippen LogP) is 2.78. The molecule has 0 bridgehead atoms. The molecule has 0 aromatic rings. The topological polar surface area (TPSA) is 72.8 Å². The Hall–Kier alpha value is -1.62. The van der Waals surface area contributed by atoms with Crippen molar-refractivity contribution in [1.82, 2.24) is 0 Å². The zero-order valence-electron chi connectivity index (χ0n) is 14.8. The molecule has 1 aliphatic rings. The van der Waals surface area contributed by atoms with Gasteiger partial charge in [-0.1, -0.05) is 23.8 Å². The van der Waals surface area contributed by atoms with Crippen LogP contribution in [-0.4, -0.2) is 36.9 Å². The van der Waals surface area contributed by atoms with Gasteiger partial charge in [0.15, 0.2) is 5.41 Å². The number of carbonyl (C=O) groups excluding carboxylic acids is 2. The van der Waals surface area contributed by atoms with Crippen LogP contribution in [0.25, 0.3) is 0 Å². The van der Waals surface area contributed by atoms with Crippen LogP contribution in [-0.2, 0) is 19.1 Å². The van der Waals surface area contributed by atoms with E-state index in [9.17, 15) is 14.7 Å². The van der Waals surface area contributed by atoms with Crippen molar-refractivity contribution < 1.29 is 24.2 Å². The molecule has 0 aromatic heterocycles. The van der Waals surface area contributed by atoms with Crippen molar-refractivity contribution in [2.24, 2.45) is 11.3 Å². The van der Waals surface area contributed by atoms with Crippen LogP contribution in [0.3, 0.4) is 0 Å². The van der Waals surface area contributed by atoms with Crippen LogP contribution < -0.4 is 0 Å². The van der Waals surface area contributed by atoms with Gasteiger partial charge in [0.2, 0.25) is 0 Å². The molecular weight excluding hydrogens is 296 g/mol. The SMILES string of the molecule is C=C1CC(C(=O)OC)(C(=O)OC)C[C@@H]1[C@@](C)(O)CCC=C(C)C. The van der Waals surface area contributed by atoms with Gasteiger partial charge in [0.25, 0.3) is 0 Å². The molecule has 0 heterocycles. The molecule has 5 nitrogen and oxygen atoms in total. The molecule has 5 heteroatoms. The fourth-order valence-corrected chi connectivity index (χ4v) is 3.35. The maximum atomic E-state index is 12.2. The van der Waals surface area contributed by atoms with Crippen molar-refractivity contribution in [1.29, 1.82) is 0 Å². The number of ether oxygens (including phenoxy) is 2. The molecule has 1 saturated carbocycles. The van der Waals surface area contributed by atoms with E-state index in [-0.39, 0.29) is 18.8 Å². The number of rotatable bonds is 6. The van der Waals surface area contributed by atoms with Gasteiger partial charge < -0.3 is 14.6 Å². The molecule has 0 amide bonds. The summed E-state index contributed by atoms with van der Waals surface area (Å²) in [5, 5.41) is 10.8. The van der Waals surface area contributed by atoms with E-state index in [0.717, 1.165) is 6.42 Å². The summed E-state index contributed by atoms with van der Waals surface area (Å²) in [7, 11) is 2.49. The van der Waals surface area contributed by atoms with E-state index in [1.807, 2.05) is 13.8 Å². The van der Waals surface area contributed by atoms with Gasteiger partial charge in [0.1, 0.15) is 0 Å². The lowest BCUT2D eigenvalue weighted by Crippen LogP contribution is -2.41. The minimum absolute atomic E-state index is 0.149. The number of esters is 2. The Morgan fingerprint density at radius 3 is 2.30 bits per heavy atom. The van der Waals surface area contributed by atoms with Crippen molar-refractivity contribution in [2.45, 2.75) is 52.1 Å². The van der Waals surface area contributed by atoms with Crippen LogP contribution in [0, 0.1) is 11.3 Å². The molecule has 0 aliphatic heterocycles. The molecule has 1 fully saturated rings. The molecule has 2 atom stereocenters. The summed E-state index contributed by atoms with van der Waals surface area (Å²) in [5.41, 5.74) is -0.578. The quantitative estimate of drug-likeness (QED) is 0.462. The van der Waals surface area contributed by atoms with Gasteiger partial charge in [-0.05, 0) is 46.5 Å². The van der Waals surface area contributed by atoms with Crippen LogP contribution in [0.1, 0.15) is 46.5 Å². The predicted molar refractivity (Wildman–Crippen MR) is 87.6 cm³/mol. The molecule has 0 radical (unpaired) electrons. The fourth-order valence-electron chi connectivity index (χ4n) is 3.35. The first kappa shape index (κ1) is 19.4. The van der Waals surface area contributed by atoms with Crippen LogP contribution in [0.2, 0.25) is 0 Å². The van der Waals surface area contributed by atoms with Crippen molar-refractivity contribution in [3.8, 4) is 0 Å². The van der Waals surface area contributed by atoms with Crippen LogP contribution in [0.5, 0.6) is 0 Å². The molecular formula is C18H28O5. The molecule has 1 N–H and O–H groups in total. The van der Waals surface area contributed by atoms with Gasteiger partial charge in [-0.25, -0.2) is 0 Å². The lowest BCUT2D eigenvalue weighted by Gasteiger charge is -2.31. The van der Waals surface area contributed by atoms with Crippen molar-refractivity contribution >= 4 is 11.9 Å². The Morgan fingerprint density at radius 1 is 1.35 bits per heavy atom. The summed E-state index contributed by atoms with van der Waals surface area (Å²) in [5.74, 6) is -1.62. The van der Waals surface area contributed by atoms with E-state index < -0.39 is 23.0 Å². The molecule has 130 valence electrons. The van der Waals surface area contributed by atoms with Gasteiger partial charge in [0.05, 0.1) is 19.8 Å². The van der Waals surface area contributed by atoms with Gasteiger partial charge in [-0.3, -0.25) is 9.59 Å². The number of carbonyl (C=O) groups is 2. The third-order valence-corrected chi connectivity index (χ3v) is 4.68. The second-order valence-electron chi connectivity index (χ2n) is 6.83. The minimum Gasteiger partial charge on any atom is -0.468 e. The van der Waals surface area contributed by atoms with Crippen LogP contribution in [0.15, 0.2) is 23.8 Å². The van der Waals surface area contributed by atoms with Gasteiger partial charge in [-0.15, -0.1) is 0 Å². The Bertz CT molecular complexity index is 496. The highest BCUT2D eigenvalue weighted by Crippen LogP contribution is 2.51. The number of aliphatic hydroxyl groups is 1. The summed E-state index contributed by atoms with van der Waals surface area (Å²) in [4.78, 5) is 24.4. The summed E-state index contributed by atoms with van der Waals surface area (Å²) in [6.45, 7) is 9.72. The molecule has 23 heavy (non-hydrogen) atoms. The van der Waals surface area contributed by atoms with Crippen molar-refractivity contribution in [3.05, 3.63) is 23.8 Å². The Labute approximate surface area is 138 Å². The lowest BCUT2D eigenvalue weighted by molar-refractivity contribution is -0.169. The first-order valence-electron chi connectivity index (χ1n) is 7.81. The molecule has 0 spiro atoms. The summed E-state index contributed by atoms with van der Waals surface area (Å²) in [6, 6.07) is 0. The molecule has 0 unspecified atom stereocenters. The molecule has 0 aromatic carbocycles. The van der Waals surface area contributed by atoms with Crippen molar-refractivity contribution in [2.75, 3.05) is 14.2 Å². The average molecular weight is 324 g/mol. The lowest BCUT2D eigenvalue weighted by atomic mass is 9.79. The van der Waals surface area contributed by atoms with E-state index in [1.54, 1.807) is 6.92 Å². The maximum Gasteiger partial charge on any atom is 0.323 e. The van der Waals surface area contributed by atoms with E-state index in [4.69, 9.17) is 9.47 Å². The monoisotopic (exact) mass is 324 g/mol. The second-order valence-corrected chi connectivity index (χ2v) is 6.83. The zero-order valence-corrected chi connectivity index (χ0v) is 14.8. The van der Waals surface area contributed by atoms with E-state index in [1.165, 1.54) is 19.8 Å². The first-order chi connectivity index (χ1) is 10.6. The number of allylic oxidation sites excluding steroid dienone is 2. The maximum absolute atomic E-state index is 12.2. The zero-order chi connectivity index (χ0) is 17.8. The number of hydrogen-bond donors (Lipinski definition) is 1. The van der Waals surface area contributed by atoms with Gasteiger partial charge in [-0.2, -0.15) is 0 Å². The normalized spacial score (nSPS) is 22.2. The van der Waals surface area contributed by atoms with E-state index in [0.29, 0.717) is 12.0 Å². The second kappa shape index (κ2) is 7.30. The third kappa shape index (κ3) is 4.02. The summed E-state index contributed by atoms with van der Waals surface area (Å²) >= 11 is 0. The Balaban J connectivity index is 3.02. The number of methoxy groups -OCH3 is 2. The van der Waals surface area contributed by atoms with Crippen LogP contribution in [0.4, 0.5) is 0 Å². The highest BCUT2D eigenvalue weighted by atomic mass is 16.5. The van der Waals surface area contributed by atoms with E-state index in [2.05, 4.69) is 12.7 Å². The largest absolute Gasteiger partial charge is 0.468 e. The smallest absolute Gasteiger partial charge is 0.323 e. The summed E-state index contributed by atoms with van der Waals surface area (Å²) in [6.07, 6.45) is 3.62. The molecule has 1 rings (SSSR count). The Kier molecular flexibility index (Phi) is 6.17.